The molecule has 94 valence electrons. The van der Waals surface area contributed by atoms with Gasteiger partial charge in [-0.05, 0) is 20.3 Å². The average molecular weight is 247 g/mol. The average Bonchev–Trinajstić information content (AvgIpc) is 2.13. The van der Waals surface area contributed by atoms with Crippen molar-refractivity contribution in [3.8, 4) is 0 Å². The van der Waals surface area contributed by atoms with Gasteiger partial charge in [0.05, 0.1) is 12.2 Å². The molecule has 0 spiro atoms. The number of carboxylic acid groups (broad SMARTS) is 1. The Morgan fingerprint density at radius 3 is 2.44 bits per heavy atom. The van der Waals surface area contributed by atoms with Crippen molar-refractivity contribution in [2.75, 3.05) is 5.75 Å². The number of aliphatic carboxylic acids is 1. The van der Waals surface area contributed by atoms with Gasteiger partial charge in [-0.2, -0.15) is 0 Å². The first-order valence-corrected chi connectivity index (χ1v) is 6.46. The molecule has 0 aliphatic carbocycles. The topological polar surface area (TPSA) is 66.4 Å². The van der Waals surface area contributed by atoms with E-state index in [0.717, 1.165) is 6.42 Å². The van der Waals surface area contributed by atoms with Crippen LogP contribution in [0.4, 0.5) is 0 Å². The minimum absolute atomic E-state index is 0.0333. The number of hydrogen-bond donors (Lipinski definition) is 2. The van der Waals surface area contributed by atoms with Crippen LogP contribution < -0.4 is 5.32 Å². The summed E-state index contributed by atoms with van der Waals surface area (Å²) in [5.74, 6) is -0.541. The van der Waals surface area contributed by atoms with Crippen LogP contribution in [-0.4, -0.2) is 33.5 Å². The highest BCUT2D eigenvalue weighted by molar-refractivity contribution is 8.00. The van der Waals surface area contributed by atoms with E-state index in [-0.39, 0.29) is 23.1 Å². The molecule has 2 N–H and O–H groups in total. The third kappa shape index (κ3) is 7.56. The van der Waals surface area contributed by atoms with Crippen LogP contribution in [0.3, 0.4) is 0 Å². The second-order valence-corrected chi connectivity index (χ2v) is 5.93. The fourth-order valence-corrected chi connectivity index (χ4v) is 1.79. The van der Waals surface area contributed by atoms with Gasteiger partial charge in [0.2, 0.25) is 5.91 Å². The normalized spacial score (nSPS) is 13.2. The minimum Gasteiger partial charge on any atom is -0.481 e. The molecule has 1 unspecified atom stereocenters. The highest BCUT2D eigenvalue weighted by Gasteiger charge is 2.18. The Hall–Kier alpha value is -0.710. The van der Waals surface area contributed by atoms with Crippen LogP contribution in [0.25, 0.3) is 0 Å². The van der Waals surface area contributed by atoms with Crippen LogP contribution in [0.1, 0.15) is 40.5 Å². The van der Waals surface area contributed by atoms with Crippen molar-refractivity contribution in [2.24, 2.45) is 0 Å². The molecule has 0 aromatic heterocycles. The van der Waals surface area contributed by atoms with Crippen molar-refractivity contribution in [2.45, 2.75) is 51.3 Å². The lowest BCUT2D eigenvalue weighted by Crippen LogP contribution is -2.43. The summed E-state index contributed by atoms with van der Waals surface area (Å²) in [6, 6.07) is 0. The molecule has 0 aliphatic heterocycles. The van der Waals surface area contributed by atoms with Crippen LogP contribution in [0.2, 0.25) is 0 Å². The molecule has 4 nitrogen and oxygen atoms in total. The zero-order valence-corrected chi connectivity index (χ0v) is 11.2. The first kappa shape index (κ1) is 15.3. The molecule has 16 heavy (non-hydrogen) atoms. The van der Waals surface area contributed by atoms with Gasteiger partial charge in [0.25, 0.3) is 0 Å². The fraction of sp³-hybridized carbons (Fsp3) is 0.818. The largest absolute Gasteiger partial charge is 0.481 e. The maximum absolute atomic E-state index is 11.5. The molecule has 0 aromatic rings. The van der Waals surface area contributed by atoms with Gasteiger partial charge < -0.3 is 10.4 Å². The summed E-state index contributed by atoms with van der Waals surface area (Å²) < 4.78 is 0. The van der Waals surface area contributed by atoms with E-state index in [1.54, 1.807) is 0 Å². The first-order chi connectivity index (χ1) is 7.26. The maximum Gasteiger partial charge on any atom is 0.304 e. The number of thioether (sulfide) groups is 1. The number of carbonyl (C=O) groups excluding carboxylic acids is 1. The molecule has 0 aromatic carbocycles. The maximum atomic E-state index is 11.5. The second kappa shape index (κ2) is 6.78. The molecule has 0 aliphatic rings. The first-order valence-electron chi connectivity index (χ1n) is 5.41. The van der Waals surface area contributed by atoms with Crippen molar-refractivity contribution < 1.29 is 14.7 Å². The van der Waals surface area contributed by atoms with E-state index in [9.17, 15) is 9.59 Å². The number of nitrogens with one attached hydrogen (secondary N) is 1. The molecule has 1 atom stereocenters. The Balaban J connectivity index is 3.86. The SMILES string of the molecule is CCC(C)(C)NC(=O)CSC(C)CC(=O)O. The monoisotopic (exact) mass is 247 g/mol. The summed E-state index contributed by atoms with van der Waals surface area (Å²) in [6.07, 6.45) is 0.962. The standard InChI is InChI=1S/C11H21NO3S/c1-5-11(3,4)12-9(13)7-16-8(2)6-10(14)15/h8H,5-7H2,1-4H3,(H,12,13)(H,14,15). The predicted molar refractivity (Wildman–Crippen MR) is 66.7 cm³/mol. The molecule has 0 saturated carbocycles. The van der Waals surface area contributed by atoms with Crippen molar-refractivity contribution in [1.82, 2.24) is 5.32 Å². The van der Waals surface area contributed by atoms with E-state index < -0.39 is 5.97 Å². The molecule has 1 amide bonds. The van der Waals surface area contributed by atoms with Crippen LogP contribution in [0, 0.1) is 0 Å². The molecule has 0 bridgehead atoms. The van der Waals surface area contributed by atoms with E-state index >= 15 is 0 Å². The highest BCUT2D eigenvalue weighted by atomic mass is 32.2. The third-order valence-electron chi connectivity index (χ3n) is 2.32. The molecule has 0 saturated heterocycles. The lowest BCUT2D eigenvalue weighted by molar-refractivity contribution is -0.136. The van der Waals surface area contributed by atoms with Gasteiger partial charge in [0.1, 0.15) is 0 Å². The van der Waals surface area contributed by atoms with E-state index in [1.165, 1.54) is 11.8 Å². The van der Waals surface area contributed by atoms with Gasteiger partial charge >= 0.3 is 5.97 Å². The quantitative estimate of drug-likeness (QED) is 0.721. The highest BCUT2D eigenvalue weighted by Crippen LogP contribution is 2.14. The van der Waals surface area contributed by atoms with Crippen LogP contribution in [0.5, 0.6) is 0 Å². The fourth-order valence-electron chi connectivity index (χ4n) is 1.02. The van der Waals surface area contributed by atoms with Crippen LogP contribution in [0.15, 0.2) is 0 Å². The number of carbonyl (C=O) groups is 2. The Morgan fingerprint density at radius 1 is 1.44 bits per heavy atom. The van der Waals surface area contributed by atoms with Crippen LogP contribution >= 0.6 is 11.8 Å². The van der Waals surface area contributed by atoms with E-state index in [2.05, 4.69) is 5.32 Å². The minimum atomic E-state index is -0.825. The summed E-state index contributed by atoms with van der Waals surface area (Å²) in [5, 5.41) is 11.4. The Labute approximate surface area is 101 Å². The van der Waals surface area contributed by atoms with Gasteiger partial charge in [0.15, 0.2) is 0 Å². The molecular formula is C11H21NO3S. The predicted octanol–water partition coefficient (Wildman–Crippen LogP) is 1.89. The lowest BCUT2D eigenvalue weighted by atomic mass is 10.0. The van der Waals surface area contributed by atoms with Crippen molar-refractivity contribution >= 4 is 23.6 Å². The van der Waals surface area contributed by atoms with Crippen molar-refractivity contribution in [3.05, 3.63) is 0 Å². The second-order valence-electron chi connectivity index (χ2n) is 4.51. The molecule has 0 fully saturated rings. The van der Waals surface area contributed by atoms with Crippen molar-refractivity contribution in [3.63, 3.8) is 0 Å². The van der Waals surface area contributed by atoms with Gasteiger partial charge in [-0.15, -0.1) is 11.8 Å². The van der Waals surface area contributed by atoms with E-state index in [1.807, 2.05) is 27.7 Å². The molecule has 0 heterocycles. The zero-order chi connectivity index (χ0) is 12.8. The Morgan fingerprint density at radius 2 is 2.00 bits per heavy atom. The Bertz CT molecular complexity index is 254. The number of rotatable bonds is 7. The van der Waals surface area contributed by atoms with Crippen LogP contribution in [-0.2, 0) is 9.59 Å². The third-order valence-corrected chi connectivity index (χ3v) is 3.49. The summed E-state index contributed by atoms with van der Waals surface area (Å²) in [5.41, 5.74) is -0.187. The van der Waals surface area contributed by atoms with Gasteiger partial charge in [-0.1, -0.05) is 13.8 Å². The lowest BCUT2D eigenvalue weighted by Gasteiger charge is -2.24. The summed E-state index contributed by atoms with van der Waals surface area (Å²) in [7, 11) is 0. The smallest absolute Gasteiger partial charge is 0.304 e. The summed E-state index contributed by atoms with van der Waals surface area (Å²) in [4.78, 5) is 21.9. The molecular weight excluding hydrogens is 226 g/mol. The molecule has 5 heteroatoms. The van der Waals surface area contributed by atoms with Gasteiger partial charge in [-0.25, -0.2) is 0 Å². The molecule has 0 rings (SSSR count). The number of hydrogen-bond acceptors (Lipinski definition) is 3. The van der Waals surface area contributed by atoms with Gasteiger partial charge in [0, 0.05) is 10.8 Å². The van der Waals surface area contributed by atoms with E-state index in [0.29, 0.717) is 5.75 Å². The summed E-state index contributed by atoms with van der Waals surface area (Å²) >= 11 is 1.37. The summed E-state index contributed by atoms with van der Waals surface area (Å²) in [6.45, 7) is 7.77. The number of carboxylic acids is 1. The van der Waals surface area contributed by atoms with Crippen molar-refractivity contribution in [1.29, 1.82) is 0 Å². The number of amides is 1. The van der Waals surface area contributed by atoms with E-state index in [4.69, 9.17) is 5.11 Å². The van der Waals surface area contributed by atoms with Gasteiger partial charge in [-0.3, -0.25) is 9.59 Å². The zero-order valence-electron chi connectivity index (χ0n) is 10.4. The molecule has 0 radical (unpaired) electrons. The Kier molecular flexibility index (Phi) is 6.48.